The molecule has 1 N–H and O–H groups in total. The summed E-state index contributed by atoms with van der Waals surface area (Å²) < 4.78 is 95.7. The number of benzene rings is 2. The molecule has 3 aromatic rings. The molecule has 1 amide bonds. The van der Waals surface area contributed by atoms with E-state index < -0.39 is 46.2 Å². The zero-order valence-corrected chi connectivity index (χ0v) is 25.3. The third kappa shape index (κ3) is 7.46. The van der Waals surface area contributed by atoms with Crippen LogP contribution in [-0.4, -0.2) is 49.4 Å². The van der Waals surface area contributed by atoms with E-state index in [4.69, 9.17) is 0 Å². The molecule has 0 spiro atoms. The van der Waals surface area contributed by atoms with Crippen LogP contribution in [0.3, 0.4) is 0 Å². The first-order chi connectivity index (χ1) is 20.8. The maximum Gasteiger partial charge on any atom is 0.416 e. The van der Waals surface area contributed by atoms with Gasteiger partial charge in [-0.15, -0.1) is 0 Å². The highest BCUT2D eigenvalue weighted by molar-refractivity contribution is 6.03. The predicted molar refractivity (Wildman–Crippen MR) is 157 cm³/mol. The van der Waals surface area contributed by atoms with Crippen LogP contribution < -0.4 is 15.1 Å². The summed E-state index contributed by atoms with van der Waals surface area (Å²) in [6.07, 6.45) is -8.01. The molecule has 6 nitrogen and oxygen atoms in total. The van der Waals surface area contributed by atoms with E-state index in [2.05, 4.69) is 10.3 Å². The number of carbonyl (C=O) groups excluding carboxylic acids is 2. The first-order valence-corrected chi connectivity index (χ1v) is 14.1. The number of rotatable bonds is 8. The lowest BCUT2D eigenvalue weighted by Gasteiger charge is -2.32. The monoisotopic (exact) mass is 638 g/mol. The minimum atomic E-state index is -5.08. The zero-order valence-electron chi connectivity index (χ0n) is 25.3. The van der Waals surface area contributed by atoms with Gasteiger partial charge < -0.3 is 15.1 Å². The van der Waals surface area contributed by atoms with Gasteiger partial charge in [0.1, 0.15) is 17.4 Å². The van der Waals surface area contributed by atoms with Crippen LogP contribution in [0.4, 0.5) is 42.2 Å². The molecule has 2 heterocycles. The van der Waals surface area contributed by atoms with E-state index in [9.17, 15) is 40.3 Å². The molecule has 1 atom stereocenters. The van der Waals surface area contributed by atoms with Gasteiger partial charge in [-0.3, -0.25) is 9.59 Å². The largest absolute Gasteiger partial charge is 0.416 e. The molecule has 45 heavy (non-hydrogen) atoms. The number of alkyl halides is 6. The van der Waals surface area contributed by atoms with Crippen molar-refractivity contribution in [2.75, 3.05) is 36.5 Å². The van der Waals surface area contributed by atoms with E-state index in [1.165, 1.54) is 52.2 Å². The molecule has 0 bridgehead atoms. The Labute approximate surface area is 256 Å². The van der Waals surface area contributed by atoms with E-state index in [1.807, 2.05) is 4.90 Å². The normalized spacial score (nSPS) is 15.8. The molecule has 2 aromatic carbocycles. The van der Waals surface area contributed by atoms with Gasteiger partial charge >= 0.3 is 12.4 Å². The van der Waals surface area contributed by atoms with Crippen LogP contribution in [0, 0.1) is 12.7 Å². The van der Waals surface area contributed by atoms with Crippen molar-refractivity contribution in [2.45, 2.75) is 57.9 Å². The summed E-state index contributed by atoms with van der Waals surface area (Å²) in [5.41, 5.74) is -3.58. The van der Waals surface area contributed by atoms with E-state index >= 15 is 0 Å². The second-order valence-electron chi connectivity index (χ2n) is 11.8. The van der Waals surface area contributed by atoms with E-state index in [0.29, 0.717) is 47.7 Å². The van der Waals surface area contributed by atoms with Crippen LogP contribution in [0.5, 0.6) is 0 Å². The van der Waals surface area contributed by atoms with Crippen molar-refractivity contribution in [3.05, 3.63) is 76.7 Å². The van der Waals surface area contributed by atoms with Gasteiger partial charge in [-0.25, -0.2) is 9.37 Å². The number of Topliss-reactive ketones (excluding diaryl/α,β-unsaturated/α-hetero) is 1. The molecule has 1 saturated heterocycles. The molecule has 1 aliphatic heterocycles. The first kappa shape index (κ1) is 33.9. The number of nitrogens with one attached hydrogen (secondary N) is 1. The fraction of sp³-hybridized carbons (Fsp3) is 0.406. The topological polar surface area (TPSA) is 65.5 Å². The lowest BCUT2D eigenvalue weighted by atomic mass is 9.81. The summed E-state index contributed by atoms with van der Waals surface area (Å²) >= 11 is 0. The molecule has 0 saturated carbocycles. The fourth-order valence-electron chi connectivity index (χ4n) is 5.41. The van der Waals surface area contributed by atoms with E-state index in [-0.39, 0.29) is 30.1 Å². The maximum absolute atomic E-state index is 14.0. The van der Waals surface area contributed by atoms with Crippen molar-refractivity contribution in [2.24, 2.45) is 0 Å². The van der Waals surface area contributed by atoms with Crippen molar-refractivity contribution in [3.8, 4) is 11.1 Å². The third-order valence-electron chi connectivity index (χ3n) is 8.01. The Morgan fingerprint density at radius 1 is 0.956 bits per heavy atom. The van der Waals surface area contributed by atoms with Gasteiger partial charge in [0.05, 0.1) is 35.0 Å². The minimum absolute atomic E-state index is 0.000362. The average molecular weight is 639 g/mol. The Morgan fingerprint density at radius 3 is 2.11 bits per heavy atom. The minimum Gasteiger partial charge on any atom is -0.355 e. The molecule has 242 valence electrons. The van der Waals surface area contributed by atoms with Crippen LogP contribution in [0.2, 0.25) is 0 Å². The highest BCUT2D eigenvalue weighted by atomic mass is 19.4. The molecule has 0 radical (unpaired) electrons. The molecule has 0 unspecified atom stereocenters. The summed E-state index contributed by atoms with van der Waals surface area (Å²) in [5, 5.41) is 3.19. The van der Waals surface area contributed by atoms with Gasteiger partial charge in [0.15, 0.2) is 0 Å². The molecular formula is C32H33F7N4O2. The number of carbonyl (C=O) groups is 2. The summed E-state index contributed by atoms with van der Waals surface area (Å²) in [7, 11) is 1.36. The number of aryl methyl sites for hydroxylation is 1. The number of pyridine rings is 1. The predicted octanol–water partition coefficient (Wildman–Crippen LogP) is 6.93. The molecule has 1 aliphatic rings. The second-order valence-corrected chi connectivity index (χ2v) is 11.8. The second kappa shape index (κ2) is 12.4. The zero-order chi connectivity index (χ0) is 33.5. The maximum atomic E-state index is 14.0. The molecule has 0 aliphatic carbocycles. The highest BCUT2D eigenvalue weighted by Crippen LogP contribution is 2.41. The van der Waals surface area contributed by atoms with Gasteiger partial charge in [-0.05, 0) is 87.2 Å². The summed E-state index contributed by atoms with van der Waals surface area (Å²) in [5.74, 6) is -0.737. The Hall–Kier alpha value is -4.00. The molecule has 13 heteroatoms. The first-order valence-electron chi connectivity index (χ1n) is 14.1. The van der Waals surface area contributed by atoms with Gasteiger partial charge in [-0.1, -0.05) is 6.07 Å². The number of amides is 1. The van der Waals surface area contributed by atoms with Crippen molar-refractivity contribution >= 4 is 23.2 Å². The number of nitrogens with zero attached hydrogens (tertiary/aromatic N) is 3. The Bertz CT molecular complexity index is 1570. The Morgan fingerprint density at radius 2 is 1.56 bits per heavy atom. The Balaban J connectivity index is 1.76. The number of likely N-dealkylation sites (N-methyl/N-ethyl adjacent to an activating group) is 1. The molecular weight excluding hydrogens is 605 g/mol. The molecule has 1 fully saturated rings. The lowest BCUT2D eigenvalue weighted by Crippen LogP contribution is -2.42. The van der Waals surface area contributed by atoms with Crippen molar-refractivity contribution in [3.63, 3.8) is 0 Å². The van der Waals surface area contributed by atoms with Gasteiger partial charge in [0.25, 0.3) is 0 Å². The summed E-state index contributed by atoms with van der Waals surface area (Å²) in [4.78, 5) is 33.0. The van der Waals surface area contributed by atoms with Crippen LogP contribution in [-0.2, 0) is 27.4 Å². The number of anilines is 2. The van der Waals surface area contributed by atoms with E-state index in [1.54, 1.807) is 13.0 Å². The van der Waals surface area contributed by atoms with Gasteiger partial charge in [0.2, 0.25) is 5.91 Å². The SMILES string of the molecule is CC(=O)CN[C@@H]1CCN(c2cc(-c3ccc(F)cc3C)c(N(C)C(=O)C(C)(C)c3cc(C(F)(F)F)cc(C(F)(F)F)c3)cn2)C1. The fourth-order valence-corrected chi connectivity index (χ4v) is 5.41. The highest BCUT2D eigenvalue weighted by Gasteiger charge is 2.41. The number of aromatic nitrogens is 1. The number of hydrogen-bond acceptors (Lipinski definition) is 5. The van der Waals surface area contributed by atoms with Crippen LogP contribution in [0.25, 0.3) is 11.1 Å². The molecule has 4 rings (SSSR count). The number of ketones is 1. The third-order valence-corrected chi connectivity index (χ3v) is 8.01. The number of halogens is 7. The average Bonchev–Trinajstić information content (AvgIpc) is 3.43. The van der Waals surface area contributed by atoms with Crippen LogP contribution >= 0.6 is 0 Å². The quantitative estimate of drug-likeness (QED) is 0.271. The number of hydrogen-bond donors (Lipinski definition) is 1. The summed E-state index contributed by atoms with van der Waals surface area (Å²) in [6.45, 7) is 7.05. The standard InChI is InChI=1S/C32H33F7N4O2/c1-18-10-23(33)6-7-25(18)26-14-28(43-9-8-24(17-43)40-15-19(2)44)41-16-27(26)42(5)29(45)30(3,4)20-11-21(31(34,35)36)13-22(12-20)32(37,38)39/h6-7,10-14,16,24,40H,8-9,15,17H2,1-5H3/t24-/m1/s1. The van der Waals surface area contributed by atoms with E-state index in [0.717, 1.165) is 11.3 Å². The van der Waals surface area contributed by atoms with Crippen molar-refractivity contribution in [1.82, 2.24) is 10.3 Å². The van der Waals surface area contributed by atoms with Crippen molar-refractivity contribution in [1.29, 1.82) is 0 Å². The van der Waals surface area contributed by atoms with Crippen LogP contribution in [0.15, 0.2) is 48.7 Å². The smallest absolute Gasteiger partial charge is 0.355 e. The molecule has 1 aromatic heterocycles. The van der Waals surface area contributed by atoms with Gasteiger partial charge in [-0.2, -0.15) is 26.3 Å². The van der Waals surface area contributed by atoms with Crippen LogP contribution in [0.1, 0.15) is 49.4 Å². The van der Waals surface area contributed by atoms with Crippen molar-refractivity contribution < 1.29 is 40.3 Å². The summed E-state index contributed by atoms with van der Waals surface area (Å²) in [6, 6.07) is 6.96. The van der Waals surface area contributed by atoms with Gasteiger partial charge in [0, 0.05) is 31.7 Å². The Kier molecular flexibility index (Phi) is 9.35. The lowest BCUT2D eigenvalue weighted by molar-refractivity contribution is -0.143.